The molecule has 122 valence electrons. The molecule has 3 aromatic carbocycles. The van der Waals surface area contributed by atoms with Gasteiger partial charge in [0, 0.05) is 0 Å². The van der Waals surface area contributed by atoms with E-state index in [-0.39, 0.29) is 10.8 Å². The molecule has 0 unspecified atom stereocenters. The van der Waals surface area contributed by atoms with Crippen molar-refractivity contribution in [1.82, 2.24) is 0 Å². The van der Waals surface area contributed by atoms with Gasteiger partial charge in [-0.05, 0) is 33.4 Å². The maximum Gasteiger partial charge on any atom is 0.0629 e. The van der Waals surface area contributed by atoms with E-state index >= 15 is 0 Å². The highest BCUT2D eigenvalue weighted by atomic mass is 14.6. The van der Waals surface area contributed by atoms with Gasteiger partial charge >= 0.3 is 0 Å². The second-order valence-corrected chi connectivity index (χ2v) is 7.39. The van der Waals surface area contributed by atoms with Crippen LogP contribution in [0.2, 0.25) is 0 Å². The largest absolute Gasteiger partial charge is 0.0629 e. The second-order valence-electron chi connectivity index (χ2n) is 7.39. The van der Waals surface area contributed by atoms with E-state index < -0.39 is 0 Å². The molecule has 0 saturated heterocycles. The van der Waals surface area contributed by atoms with Crippen LogP contribution in [-0.4, -0.2) is 0 Å². The third-order valence-electron chi connectivity index (χ3n) is 6.48. The molecule has 0 aliphatic heterocycles. The van der Waals surface area contributed by atoms with Crippen LogP contribution in [0, 0.1) is 0 Å². The number of allylic oxidation sites excluding steroid dienone is 6. The first kappa shape index (κ1) is 14.1. The predicted octanol–water partition coefficient (Wildman–Crippen LogP) is 5.71. The number of benzene rings is 3. The van der Waals surface area contributed by atoms with E-state index in [1.54, 1.807) is 0 Å². The highest BCUT2D eigenvalue weighted by molar-refractivity contribution is 5.78. The Morgan fingerprint density at radius 2 is 0.769 bits per heavy atom. The van der Waals surface area contributed by atoms with Gasteiger partial charge in [0.15, 0.2) is 0 Å². The molecule has 1 spiro atoms. The Morgan fingerprint density at radius 3 is 1.19 bits per heavy atom. The molecule has 0 fully saturated rings. The van der Waals surface area contributed by atoms with Gasteiger partial charge in [0.25, 0.3) is 0 Å². The monoisotopic (exact) mass is 330 g/mol. The lowest BCUT2D eigenvalue weighted by Gasteiger charge is -2.54. The molecule has 0 N–H and O–H groups in total. The lowest BCUT2D eigenvalue weighted by atomic mass is 9.46. The molecular weight excluding hydrogens is 312 g/mol. The molecular formula is C26H18. The van der Waals surface area contributed by atoms with E-state index in [4.69, 9.17) is 0 Å². The van der Waals surface area contributed by atoms with E-state index in [0.717, 1.165) is 0 Å². The van der Waals surface area contributed by atoms with Crippen molar-refractivity contribution in [2.45, 2.75) is 10.8 Å². The summed E-state index contributed by atoms with van der Waals surface area (Å²) in [5.41, 5.74) is 7.90. The van der Waals surface area contributed by atoms with Crippen molar-refractivity contribution in [1.29, 1.82) is 0 Å². The Morgan fingerprint density at radius 1 is 0.385 bits per heavy atom. The Kier molecular flexibility index (Phi) is 2.57. The van der Waals surface area contributed by atoms with E-state index in [1.165, 1.54) is 33.4 Å². The zero-order valence-corrected chi connectivity index (χ0v) is 14.4. The topological polar surface area (TPSA) is 0 Å². The maximum absolute atomic E-state index is 2.32. The van der Waals surface area contributed by atoms with Gasteiger partial charge < -0.3 is 0 Å². The average molecular weight is 330 g/mol. The van der Waals surface area contributed by atoms with Crippen LogP contribution in [-0.2, 0) is 10.8 Å². The van der Waals surface area contributed by atoms with Crippen LogP contribution >= 0.6 is 0 Å². The second kappa shape index (κ2) is 4.74. The third kappa shape index (κ3) is 1.36. The predicted molar refractivity (Wildman–Crippen MR) is 106 cm³/mol. The lowest BCUT2D eigenvalue weighted by molar-refractivity contribution is 0.417. The first-order chi connectivity index (χ1) is 12.9. The molecule has 3 aromatic rings. The molecule has 26 heavy (non-hydrogen) atoms. The minimum atomic E-state index is -0.230. The standard InChI is InChI=1S/C26H18/c1-3-7-19(8-4-1)25(20-9-5-2-6-10-20)21-11-13-22(14-12-21)26(25)23-15-16-24(26)18-17-23/h1-18H. The zero-order chi connectivity index (χ0) is 17.2. The van der Waals surface area contributed by atoms with Crippen LogP contribution < -0.4 is 0 Å². The fraction of sp³-hybridized carbons (Fsp3) is 0.0769. The van der Waals surface area contributed by atoms with Crippen LogP contribution in [0.4, 0.5) is 0 Å². The molecule has 0 nitrogen and oxygen atoms in total. The quantitative estimate of drug-likeness (QED) is 0.565. The van der Waals surface area contributed by atoms with Gasteiger partial charge in [-0.25, -0.2) is 0 Å². The van der Waals surface area contributed by atoms with Crippen LogP contribution in [0.3, 0.4) is 0 Å². The van der Waals surface area contributed by atoms with E-state index in [2.05, 4.69) is 109 Å². The highest BCUT2D eigenvalue weighted by Crippen LogP contribution is 2.66. The van der Waals surface area contributed by atoms with Gasteiger partial charge in [0.2, 0.25) is 0 Å². The van der Waals surface area contributed by atoms with Gasteiger partial charge in [0.1, 0.15) is 0 Å². The number of fused-ring (bicyclic) bond motifs is 2. The van der Waals surface area contributed by atoms with Crippen molar-refractivity contribution in [2.75, 3.05) is 0 Å². The minimum absolute atomic E-state index is 0.144. The molecule has 0 saturated carbocycles. The van der Waals surface area contributed by atoms with E-state index in [9.17, 15) is 0 Å². The summed E-state index contributed by atoms with van der Waals surface area (Å²) in [7, 11) is 0. The first-order valence-corrected chi connectivity index (χ1v) is 9.21. The van der Waals surface area contributed by atoms with Crippen molar-refractivity contribution >= 4 is 0 Å². The number of hydrogen-bond acceptors (Lipinski definition) is 0. The van der Waals surface area contributed by atoms with E-state index in [1.807, 2.05) is 0 Å². The van der Waals surface area contributed by atoms with E-state index in [0.29, 0.717) is 0 Å². The highest BCUT2D eigenvalue weighted by Gasteiger charge is 2.62. The van der Waals surface area contributed by atoms with Gasteiger partial charge in [-0.2, -0.15) is 0 Å². The summed E-state index contributed by atoms with van der Waals surface area (Å²) < 4.78 is 0. The fourth-order valence-electron chi connectivity index (χ4n) is 5.62. The Balaban J connectivity index is 1.82. The van der Waals surface area contributed by atoms with Crippen molar-refractivity contribution in [3.05, 3.63) is 143 Å². The molecule has 4 bridgehead atoms. The summed E-state index contributed by atoms with van der Waals surface area (Å²) in [5.74, 6) is 0. The molecule has 7 rings (SSSR count). The van der Waals surface area contributed by atoms with Gasteiger partial charge in [0.05, 0.1) is 10.8 Å². The van der Waals surface area contributed by atoms with Crippen LogP contribution in [0.5, 0.6) is 0 Å². The summed E-state index contributed by atoms with van der Waals surface area (Å²) in [6, 6.07) is 31.4. The Labute approximate surface area is 153 Å². The molecule has 0 heteroatoms. The van der Waals surface area contributed by atoms with Crippen molar-refractivity contribution < 1.29 is 0 Å². The van der Waals surface area contributed by atoms with Crippen LogP contribution in [0.1, 0.15) is 22.3 Å². The fourth-order valence-corrected chi connectivity index (χ4v) is 5.62. The summed E-state index contributed by atoms with van der Waals surface area (Å²) in [4.78, 5) is 0. The Bertz CT molecular complexity index is 1030. The van der Waals surface area contributed by atoms with Crippen molar-refractivity contribution in [2.24, 2.45) is 0 Å². The van der Waals surface area contributed by atoms with Gasteiger partial charge in [-0.15, -0.1) is 0 Å². The summed E-state index contributed by atoms with van der Waals surface area (Å²) in [5, 5.41) is 0. The lowest BCUT2D eigenvalue weighted by Crippen LogP contribution is -2.53. The summed E-state index contributed by atoms with van der Waals surface area (Å²) in [6.45, 7) is 0. The molecule has 4 aliphatic carbocycles. The molecule has 0 aromatic heterocycles. The van der Waals surface area contributed by atoms with Crippen LogP contribution in [0.25, 0.3) is 0 Å². The molecule has 0 atom stereocenters. The van der Waals surface area contributed by atoms with Gasteiger partial charge in [-0.3, -0.25) is 0 Å². The Hall–Kier alpha value is -3.12. The molecule has 0 amide bonds. The minimum Gasteiger partial charge on any atom is -0.0622 e. The molecule has 0 radical (unpaired) electrons. The average Bonchev–Trinajstić information content (AvgIpc) is 3.26. The maximum atomic E-state index is 2.32. The third-order valence-corrected chi connectivity index (χ3v) is 6.48. The first-order valence-electron chi connectivity index (χ1n) is 9.21. The van der Waals surface area contributed by atoms with Crippen molar-refractivity contribution in [3.63, 3.8) is 0 Å². The molecule has 4 aliphatic rings. The normalized spacial score (nSPS) is 19.7. The summed E-state index contributed by atoms with van der Waals surface area (Å²) >= 11 is 0. The summed E-state index contributed by atoms with van der Waals surface area (Å²) in [6.07, 6.45) is 9.25. The number of hydrogen-bond donors (Lipinski definition) is 0. The zero-order valence-electron chi connectivity index (χ0n) is 14.4. The molecule has 0 heterocycles. The van der Waals surface area contributed by atoms with Gasteiger partial charge in [-0.1, -0.05) is 109 Å². The smallest absolute Gasteiger partial charge is 0.0622 e. The SMILES string of the molecule is C1=CC2=CC=C1C21c2ccc(cc2)C1(c1ccccc1)c1ccccc1. The van der Waals surface area contributed by atoms with Crippen LogP contribution in [0.15, 0.2) is 120 Å². The number of rotatable bonds is 2. The van der Waals surface area contributed by atoms with Crippen molar-refractivity contribution in [3.8, 4) is 0 Å².